The molecular weight excluding hydrogens is 316 g/mol. The smallest absolute Gasteiger partial charge is 0.320 e. The van der Waals surface area contributed by atoms with Crippen LogP contribution in [-0.4, -0.2) is 52.8 Å². The highest BCUT2D eigenvalue weighted by atomic mass is 19.3. The minimum Gasteiger partial charge on any atom is -0.334 e. The van der Waals surface area contributed by atoms with Gasteiger partial charge in [0.25, 0.3) is 6.43 Å². The van der Waals surface area contributed by atoms with Crippen LogP contribution in [0.25, 0.3) is 0 Å². The predicted molar refractivity (Wildman–Crippen MR) is 87.4 cm³/mol. The van der Waals surface area contributed by atoms with Gasteiger partial charge in [-0.1, -0.05) is 19.3 Å². The molecule has 1 saturated carbocycles. The molecule has 0 bridgehead atoms. The summed E-state index contributed by atoms with van der Waals surface area (Å²) in [4.78, 5) is 13.7. The number of nitrogens with one attached hydrogen (secondary N) is 2. The fraction of sp³-hybridized carbons (Fsp3) is 0.750. The van der Waals surface area contributed by atoms with Gasteiger partial charge in [0, 0.05) is 31.4 Å². The Morgan fingerprint density at radius 3 is 2.83 bits per heavy atom. The lowest BCUT2D eigenvalue weighted by Gasteiger charge is -2.21. The number of alkyl halides is 2. The molecule has 1 aromatic rings. The van der Waals surface area contributed by atoms with E-state index in [1.165, 1.54) is 19.3 Å². The van der Waals surface area contributed by atoms with Gasteiger partial charge in [0.05, 0.1) is 12.6 Å². The van der Waals surface area contributed by atoms with Crippen molar-refractivity contribution in [3.8, 4) is 0 Å². The van der Waals surface area contributed by atoms with E-state index < -0.39 is 6.43 Å². The van der Waals surface area contributed by atoms with Gasteiger partial charge in [-0.2, -0.15) is 5.10 Å². The number of carbonyl (C=O) groups excluding carboxylic acids is 1. The number of aromatic nitrogens is 2. The van der Waals surface area contributed by atoms with E-state index in [0.29, 0.717) is 31.4 Å². The molecule has 0 radical (unpaired) electrons. The largest absolute Gasteiger partial charge is 0.334 e. The number of hydrogen-bond acceptors (Lipinski definition) is 3. The van der Waals surface area contributed by atoms with Crippen LogP contribution in [0.3, 0.4) is 0 Å². The second-order valence-corrected chi connectivity index (χ2v) is 6.71. The molecule has 6 nitrogen and oxygen atoms in total. The number of hydrogen-bond donors (Lipinski definition) is 2. The molecule has 1 unspecified atom stereocenters. The molecule has 3 rings (SSSR count). The molecule has 2 amide bonds. The van der Waals surface area contributed by atoms with Gasteiger partial charge < -0.3 is 5.32 Å². The maximum atomic E-state index is 12.4. The van der Waals surface area contributed by atoms with Gasteiger partial charge in [0.15, 0.2) is 5.82 Å². The Balaban J connectivity index is 1.44. The normalized spacial score (nSPS) is 22.9. The van der Waals surface area contributed by atoms with Gasteiger partial charge in [0.2, 0.25) is 0 Å². The Morgan fingerprint density at radius 1 is 1.29 bits per heavy atom. The highest BCUT2D eigenvalue weighted by Crippen LogP contribution is 2.27. The molecule has 24 heavy (non-hydrogen) atoms. The molecule has 1 aromatic heterocycles. The number of halogens is 2. The average molecular weight is 341 g/mol. The topological polar surface area (TPSA) is 62.2 Å². The van der Waals surface area contributed by atoms with Crippen molar-refractivity contribution in [1.29, 1.82) is 0 Å². The molecule has 1 aliphatic heterocycles. The van der Waals surface area contributed by atoms with Crippen LogP contribution in [0.5, 0.6) is 0 Å². The third kappa shape index (κ3) is 4.66. The number of anilines is 1. The van der Waals surface area contributed by atoms with Gasteiger partial charge in [-0.25, -0.2) is 13.6 Å². The summed E-state index contributed by atoms with van der Waals surface area (Å²) in [7, 11) is 0. The Labute approximate surface area is 140 Å². The number of amides is 2. The van der Waals surface area contributed by atoms with Crippen molar-refractivity contribution in [1.82, 2.24) is 20.0 Å². The summed E-state index contributed by atoms with van der Waals surface area (Å²) >= 11 is 0. The van der Waals surface area contributed by atoms with E-state index in [-0.39, 0.29) is 18.6 Å². The van der Waals surface area contributed by atoms with Crippen LogP contribution < -0.4 is 10.6 Å². The average Bonchev–Trinajstić information content (AvgIpc) is 3.17. The number of nitrogens with zero attached hydrogens (tertiary/aromatic N) is 3. The van der Waals surface area contributed by atoms with E-state index in [1.807, 2.05) is 10.9 Å². The minimum absolute atomic E-state index is 0.0934. The lowest BCUT2D eigenvalue weighted by Crippen LogP contribution is -2.40. The van der Waals surface area contributed by atoms with Crippen molar-refractivity contribution in [2.75, 3.05) is 25.0 Å². The van der Waals surface area contributed by atoms with Crippen molar-refractivity contribution in [2.45, 2.75) is 57.0 Å². The Morgan fingerprint density at radius 2 is 2.08 bits per heavy atom. The third-order valence-corrected chi connectivity index (χ3v) is 4.80. The molecule has 2 fully saturated rings. The molecule has 134 valence electrons. The van der Waals surface area contributed by atoms with Gasteiger partial charge in [-0.3, -0.25) is 14.9 Å². The van der Waals surface area contributed by atoms with Crippen LogP contribution in [0.1, 0.15) is 44.6 Å². The minimum atomic E-state index is -2.33. The van der Waals surface area contributed by atoms with Crippen LogP contribution in [0.15, 0.2) is 12.3 Å². The first-order valence-electron chi connectivity index (χ1n) is 8.73. The van der Waals surface area contributed by atoms with E-state index in [0.717, 1.165) is 12.8 Å². The van der Waals surface area contributed by atoms with Crippen LogP contribution >= 0.6 is 0 Å². The SMILES string of the molecule is O=C(Nc1ccn(C2CCCCC2)n1)NC1CCN(CC(F)F)C1. The fourth-order valence-electron chi connectivity index (χ4n) is 3.60. The highest BCUT2D eigenvalue weighted by molar-refractivity contribution is 5.88. The van der Waals surface area contributed by atoms with Crippen molar-refractivity contribution in [2.24, 2.45) is 0 Å². The van der Waals surface area contributed by atoms with Crippen LogP contribution in [-0.2, 0) is 0 Å². The molecule has 8 heteroatoms. The quantitative estimate of drug-likeness (QED) is 0.866. The van der Waals surface area contributed by atoms with E-state index in [9.17, 15) is 13.6 Å². The zero-order valence-corrected chi connectivity index (χ0v) is 13.8. The number of likely N-dealkylation sites (tertiary alicyclic amines) is 1. The molecule has 2 N–H and O–H groups in total. The summed E-state index contributed by atoms with van der Waals surface area (Å²) in [5, 5.41) is 10.0. The number of urea groups is 1. The second-order valence-electron chi connectivity index (χ2n) is 6.71. The van der Waals surface area contributed by atoms with Gasteiger partial charge in [-0.05, 0) is 19.3 Å². The van der Waals surface area contributed by atoms with Gasteiger partial charge in [0.1, 0.15) is 0 Å². The third-order valence-electron chi connectivity index (χ3n) is 4.80. The molecular formula is C16H25F2N5O. The van der Waals surface area contributed by atoms with Crippen molar-refractivity contribution in [3.05, 3.63) is 12.3 Å². The zero-order valence-electron chi connectivity index (χ0n) is 13.8. The lowest BCUT2D eigenvalue weighted by atomic mass is 9.96. The Kier molecular flexibility index (Phi) is 5.65. The Hall–Kier alpha value is -1.70. The summed E-state index contributed by atoms with van der Waals surface area (Å²) in [6.45, 7) is 0.825. The number of carbonyl (C=O) groups is 1. The van der Waals surface area contributed by atoms with Gasteiger partial charge in [-0.15, -0.1) is 0 Å². The molecule has 1 aliphatic carbocycles. The maximum Gasteiger partial charge on any atom is 0.320 e. The first kappa shape index (κ1) is 17.1. The van der Waals surface area contributed by atoms with Gasteiger partial charge >= 0.3 is 6.03 Å². The summed E-state index contributed by atoms with van der Waals surface area (Å²) in [6.07, 6.45) is 6.28. The van der Waals surface area contributed by atoms with Crippen molar-refractivity contribution in [3.63, 3.8) is 0 Å². The lowest BCUT2D eigenvalue weighted by molar-refractivity contribution is 0.0988. The monoisotopic (exact) mass is 341 g/mol. The summed E-state index contributed by atoms with van der Waals surface area (Å²) in [6, 6.07) is 1.80. The number of rotatable bonds is 5. The maximum absolute atomic E-state index is 12.4. The summed E-state index contributed by atoms with van der Waals surface area (Å²) in [5.41, 5.74) is 0. The summed E-state index contributed by atoms with van der Waals surface area (Å²) < 4.78 is 26.7. The van der Waals surface area contributed by atoms with E-state index in [4.69, 9.17) is 0 Å². The van der Waals surface area contributed by atoms with Crippen LogP contribution in [0, 0.1) is 0 Å². The first-order valence-corrected chi connectivity index (χ1v) is 8.73. The standard InChI is InChI=1S/C16H25F2N5O/c17-14(18)11-22-8-6-12(10-22)19-16(24)20-15-7-9-23(21-15)13-4-2-1-3-5-13/h7,9,12-14H,1-6,8,10-11H2,(H2,19,20,21,24). The molecule has 0 spiro atoms. The molecule has 2 heterocycles. The molecule has 1 atom stereocenters. The van der Waals surface area contributed by atoms with Crippen molar-refractivity contribution >= 4 is 11.8 Å². The molecule has 2 aliphatic rings. The second kappa shape index (κ2) is 7.92. The molecule has 1 saturated heterocycles. The van der Waals surface area contributed by atoms with Crippen molar-refractivity contribution < 1.29 is 13.6 Å². The van der Waals surface area contributed by atoms with E-state index in [2.05, 4.69) is 15.7 Å². The van der Waals surface area contributed by atoms with Crippen LogP contribution in [0.2, 0.25) is 0 Å². The fourth-order valence-corrected chi connectivity index (χ4v) is 3.60. The van der Waals surface area contributed by atoms with E-state index >= 15 is 0 Å². The van der Waals surface area contributed by atoms with Crippen LogP contribution in [0.4, 0.5) is 19.4 Å². The summed E-state index contributed by atoms with van der Waals surface area (Å²) in [5.74, 6) is 0.528. The zero-order chi connectivity index (χ0) is 16.9. The molecule has 0 aromatic carbocycles. The highest BCUT2D eigenvalue weighted by Gasteiger charge is 2.26. The predicted octanol–water partition coefficient (Wildman–Crippen LogP) is 2.85. The first-order chi connectivity index (χ1) is 11.6. The Bertz CT molecular complexity index is 544. The van der Waals surface area contributed by atoms with E-state index in [1.54, 1.807) is 11.0 Å².